The van der Waals surface area contributed by atoms with Gasteiger partial charge in [0, 0.05) is 16.3 Å². The fourth-order valence-electron chi connectivity index (χ4n) is 3.62. The number of halogens is 5. The fraction of sp³-hybridized carbons (Fsp3) is 0.217. The average Bonchev–Trinajstić information content (AvgIpc) is 3.50. The molecule has 37 heavy (non-hydrogen) atoms. The summed E-state index contributed by atoms with van der Waals surface area (Å²) in [5.41, 5.74) is 1.15. The van der Waals surface area contributed by atoms with E-state index in [1.165, 1.54) is 22.7 Å². The Hall–Kier alpha value is -1.85. The van der Waals surface area contributed by atoms with Gasteiger partial charge in [0.25, 0.3) is 0 Å². The lowest BCUT2D eigenvalue weighted by atomic mass is 10.1. The van der Waals surface area contributed by atoms with Crippen molar-refractivity contribution in [2.45, 2.75) is 20.3 Å². The molecule has 0 unspecified atom stereocenters. The number of nitrogens with one attached hydrogen (secondary N) is 1. The maximum absolute atomic E-state index is 6.38. The molecule has 6 rings (SSSR count). The van der Waals surface area contributed by atoms with Gasteiger partial charge < -0.3 is 14.8 Å². The van der Waals surface area contributed by atoms with Crippen molar-refractivity contribution >= 4 is 107 Å². The molecule has 0 fully saturated rings. The number of rotatable bonds is 4. The molecule has 0 radical (unpaired) electrons. The van der Waals surface area contributed by atoms with Gasteiger partial charge in [-0.3, -0.25) is 0 Å². The van der Waals surface area contributed by atoms with Crippen LogP contribution in [0.3, 0.4) is 0 Å². The molecule has 0 saturated carbocycles. The van der Waals surface area contributed by atoms with Gasteiger partial charge in [-0.1, -0.05) is 40.9 Å². The van der Waals surface area contributed by atoms with Crippen LogP contribution in [0.1, 0.15) is 15.3 Å². The number of hydrogen-bond donors (Lipinski definition) is 1. The molecule has 1 aliphatic heterocycles. The minimum absolute atomic E-state index is 0.149. The molecule has 0 atom stereocenters. The van der Waals surface area contributed by atoms with Gasteiger partial charge >= 0.3 is 0 Å². The third kappa shape index (κ3) is 5.63. The van der Waals surface area contributed by atoms with Crippen molar-refractivity contribution in [2.75, 3.05) is 18.7 Å². The highest BCUT2D eigenvalue weighted by Gasteiger charge is 2.16. The molecule has 7 nitrogen and oxygen atoms in total. The Labute approximate surface area is 244 Å². The first kappa shape index (κ1) is 26.7. The van der Waals surface area contributed by atoms with Crippen LogP contribution in [0.4, 0.5) is 5.82 Å². The maximum atomic E-state index is 6.38. The van der Waals surface area contributed by atoms with Gasteiger partial charge in [0.1, 0.15) is 20.6 Å². The Kier molecular flexibility index (Phi) is 8.02. The summed E-state index contributed by atoms with van der Waals surface area (Å²) < 4.78 is 10.7. The van der Waals surface area contributed by atoms with Gasteiger partial charge in [0.15, 0.2) is 11.5 Å². The van der Waals surface area contributed by atoms with E-state index in [1.807, 2.05) is 32.0 Å². The molecule has 0 bridgehead atoms. The second-order valence-electron chi connectivity index (χ2n) is 7.79. The molecule has 0 aliphatic carbocycles. The molecule has 4 aromatic heterocycles. The van der Waals surface area contributed by atoms with Gasteiger partial charge in [-0.05, 0) is 61.2 Å². The molecule has 1 aliphatic rings. The Balaban J connectivity index is 0.000000182. The van der Waals surface area contributed by atoms with E-state index in [2.05, 4.69) is 25.3 Å². The van der Waals surface area contributed by atoms with Gasteiger partial charge in [-0.15, -0.1) is 22.7 Å². The molecule has 0 spiro atoms. The van der Waals surface area contributed by atoms with Gasteiger partial charge in [-0.2, -0.15) is 0 Å². The van der Waals surface area contributed by atoms with E-state index in [9.17, 15) is 0 Å². The third-order valence-corrected chi connectivity index (χ3v) is 9.13. The van der Waals surface area contributed by atoms with E-state index in [0.29, 0.717) is 32.9 Å². The van der Waals surface area contributed by atoms with E-state index < -0.39 is 0 Å². The number of ether oxygens (including phenoxy) is 2. The molecule has 192 valence electrons. The van der Waals surface area contributed by atoms with Crippen LogP contribution in [0, 0.1) is 13.8 Å². The Morgan fingerprint density at radius 1 is 0.811 bits per heavy atom. The molecular formula is C23H16Cl5N5O2S2. The summed E-state index contributed by atoms with van der Waals surface area (Å²) in [6.07, 6.45) is 0.806. The molecule has 5 heterocycles. The van der Waals surface area contributed by atoms with Crippen molar-refractivity contribution in [1.82, 2.24) is 19.9 Å². The van der Waals surface area contributed by atoms with Crippen molar-refractivity contribution in [2.24, 2.45) is 0 Å². The Morgan fingerprint density at radius 3 is 2.16 bits per heavy atom. The van der Waals surface area contributed by atoms with Crippen molar-refractivity contribution in [3.05, 3.63) is 59.3 Å². The summed E-state index contributed by atoms with van der Waals surface area (Å²) in [5.74, 6) is 2.24. The topological polar surface area (TPSA) is 82.1 Å². The minimum atomic E-state index is 0.149. The molecule has 0 saturated heterocycles. The maximum Gasteiger partial charge on any atom is 0.231 e. The molecule has 1 N–H and O–H groups in total. The lowest BCUT2D eigenvalue weighted by Crippen LogP contribution is -2.07. The first-order chi connectivity index (χ1) is 17.7. The quantitative estimate of drug-likeness (QED) is 0.156. The molecule has 14 heteroatoms. The molecular weight excluding hydrogens is 620 g/mol. The molecule has 1 aromatic carbocycles. The van der Waals surface area contributed by atoms with Crippen LogP contribution in [-0.4, -0.2) is 33.3 Å². The van der Waals surface area contributed by atoms with Gasteiger partial charge in [0.2, 0.25) is 17.4 Å². The highest BCUT2D eigenvalue weighted by molar-refractivity contribution is 7.19. The van der Waals surface area contributed by atoms with Crippen LogP contribution in [-0.2, 0) is 6.42 Å². The van der Waals surface area contributed by atoms with Crippen LogP contribution in [0.25, 0.3) is 20.4 Å². The van der Waals surface area contributed by atoms with E-state index in [4.69, 9.17) is 67.5 Å². The standard InChI is InChI=1S/C16H13Cl2N3O2S.C7H3Cl3N2S/c1-8-13(17)12-14(20-16(18)21-15(12)24-8)19-5-4-9-2-3-10-11(6-9)23-7-22-10;1-2-4(8)3-5(9)11-7(10)12-6(3)13-2/h2-3,6H,4-5,7H2,1H3,(H,19,20,21);1H3. The number of hydrogen-bond acceptors (Lipinski definition) is 9. The minimum Gasteiger partial charge on any atom is -0.454 e. The fourth-order valence-corrected chi connectivity index (χ4v) is 7.00. The number of anilines is 1. The van der Waals surface area contributed by atoms with Crippen molar-refractivity contribution in [3.8, 4) is 11.5 Å². The van der Waals surface area contributed by atoms with Gasteiger partial charge in [-0.25, -0.2) is 19.9 Å². The monoisotopic (exact) mass is 633 g/mol. The zero-order valence-corrected chi connectivity index (χ0v) is 24.6. The zero-order chi connectivity index (χ0) is 26.3. The first-order valence-corrected chi connectivity index (χ1v) is 14.3. The number of nitrogens with zero attached hydrogens (tertiary/aromatic N) is 4. The van der Waals surface area contributed by atoms with Crippen molar-refractivity contribution in [3.63, 3.8) is 0 Å². The highest BCUT2D eigenvalue weighted by atomic mass is 35.5. The predicted molar refractivity (Wildman–Crippen MR) is 154 cm³/mol. The largest absolute Gasteiger partial charge is 0.454 e. The normalized spacial score (nSPS) is 12.2. The van der Waals surface area contributed by atoms with E-state index in [-0.39, 0.29) is 17.4 Å². The Morgan fingerprint density at radius 2 is 1.43 bits per heavy atom. The van der Waals surface area contributed by atoms with E-state index in [1.54, 1.807) is 0 Å². The number of thiophene rings is 2. The average molecular weight is 636 g/mol. The zero-order valence-electron chi connectivity index (χ0n) is 19.2. The second kappa shape index (κ2) is 11.1. The summed E-state index contributed by atoms with van der Waals surface area (Å²) in [6, 6.07) is 5.95. The number of fused-ring (bicyclic) bond motifs is 3. The van der Waals surface area contributed by atoms with Crippen LogP contribution in [0.5, 0.6) is 11.5 Å². The number of aromatic nitrogens is 4. The van der Waals surface area contributed by atoms with Crippen molar-refractivity contribution in [1.29, 1.82) is 0 Å². The second-order valence-corrected chi connectivity index (χ2v) is 12.0. The third-order valence-electron chi connectivity index (χ3n) is 5.35. The van der Waals surface area contributed by atoms with Crippen molar-refractivity contribution < 1.29 is 9.47 Å². The van der Waals surface area contributed by atoms with Gasteiger partial charge in [0.05, 0.1) is 20.8 Å². The van der Waals surface area contributed by atoms with E-state index in [0.717, 1.165) is 48.3 Å². The summed E-state index contributed by atoms with van der Waals surface area (Å²) in [5, 5.41) is 6.79. The highest BCUT2D eigenvalue weighted by Crippen LogP contribution is 2.39. The summed E-state index contributed by atoms with van der Waals surface area (Å²) in [6.45, 7) is 4.83. The lowest BCUT2D eigenvalue weighted by molar-refractivity contribution is 0.174. The molecule has 0 amide bonds. The lowest BCUT2D eigenvalue weighted by Gasteiger charge is -2.08. The molecule has 5 aromatic rings. The summed E-state index contributed by atoms with van der Waals surface area (Å²) in [4.78, 5) is 19.9. The Bertz CT molecular complexity index is 1640. The van der Waals surface area contributed by atoms with Crippen LogP contribution in [0.2, 0.25) is 25.8 Å². The number of aryl methyl sites for hydroxylation is 2. The number of benzene rings is 1. The van der Waals surface area contributed by atoms with E-state index >= 15 is 0 Å². The summed E-state index contributed by atoms with van der Waals surface area (Å²) >= 11 is 32.9. The summed E-state index contributed by atoms with van der Waals surface area (Å²) in [7, 11) is 0. The predicted octanol–water partition coefficient (Wildman–Crippen LogP) is 8.65. The first-order valence-electron chi connectivity index (χ1n) is 10.7. The van der Waals surface area contributed by atoms with Crippen LogP contribution < -0.4 is 14.8 Å². The van der Waals surface area contributed by atoms with Crippen LogP contribution >= 0.6 is 80.7 Å². The smallest absolute Gasteiger partial charge is 0.231 e. The van der Waals surface area contributed by atoms with Crippen LogP contribution in [0.15, 0.2) is 18.2 Å². The SMILES string of the molecule is Cc1sc2nc(Cl)nc(Cl)c2c1Cl.Cc1sc2nc(Cl)nc(NCCc3ccc4c(c3)OCO4)c2c1Cl.